The third kappa shape index (κ3) is 2.48. The van der Waals surface area contributed by atoms with Gasteiger partial charge in [0.15, 0.2) is 0 Å². The van der Waals surface area contributed by atoms with Crippen LogP contribution >= 0.6 is 0 Å². The van der Waals surface area contributed by atoms with Crippen LogP contribution in [0.2, 0.25) is 0 Å². The first-order valence-corrected chi connectivity index (χ1v) is 7.68. The van der Waals surface area contributed by atoms with Gasteiger partial charge in [-0.15, -0.1) is 0 Å². The summed E-state index contributed by atoms with van der Waals surface area (Å²) in [4.78, 5) is 32.6. The first-order valence-electron chi connectivity index (χ1n) is 7.68. The molecule has 0 saturated carbocycles. The lowest BCUT2D eigenvalue weighted by Gasteiger charge is -2.21. The number of nitrogens with one attached hydrogen (secondary N) is 1. The van der Waals surface area contributed by atoms with Crippen LogP contribution < -0.4 is 0 Å². The second-order valence-electron chi connectivity index (χ2n) is 6.12. The number of amides is 2. The summed E-state index contributed by atoms with van der Waals surface area (Å²) in [6.07, 6.45) is 5.04. The highest BCUT2D eigenvalue weighted by atomic mass is 16.2. The fourth-order valence-corrected chi connectivity index (χ4v) is 3.51. The summed E-state index contributed by atoms with van der Waals surface area (Å²) in [5, 5.41) is 6.50. The molecular formula is C16H17N5O2. The van der Waals surface area contributed by atoms with Crippen LogP contribution in [0.15, 0.2) is 36.8 Å². The van der Waals surface area contributed by atoms with Gasteiger partial charge >= 0.3 is 0 Å². The van der Waals surface area contributed by atoms with Crippen LogP contribution in [0.3, 0.4) is 0 Å². The first kappa shape index (κ1) is 13.9. The quantitative estimate of drug-likeness (QED) is 0.896. The Balaban J connectivity index is 1.42. The van der Waals surface area contributed by atoms with E-state index in [1.54, 1.807) is 29.6 Å². The predicted molar refractivity (Wildman–Crippen MR) is 81.1 cm³/mol. The maximum Gasteiger partial charge on any atom is 0.271 e. The van der Waals surface area contributed by atoms with Gasteiger partial charge in [0.05, 0.1) is 5.92 Å². The maximum absolute atomic E-state index is 12.6. The van der Waals surface area contributed by atoms with E-state index in [0.717, 1.165) is 5.56 Å². The molecule has 1 N–H and O–H groups in total. The van der Waals surface area contributed by atoms with Crippen molar-refractivity contribution in [3.8, 4) is 0 Å². The maximum atomic E-state index is 12.6. The van der Waals surface area contributed by atoms with Crippen molar-refractivity contribution in [3.05, 3.63) is 48.0 Å². The van der Waals surface area contributed by atoms with Gasteiger partial charge in [0, 0.05) is 50.7 Å². The number of hydrogen-bond acceptors (Lipinski definition) is 4. The molecule has 0 bridgehead atoms. The number of pyridine rings is 1. The zero-order valence-corrected chi connectivity index (χ0v) is 12.6. The molecular weight excluding hydrogens is 294 g/mol. The van der Waals surface area contributed by atoms with Crippen molar-refractivity contribution in [2.24, 2.45) is 11.8 Å². The number of rotatable bonds is 3. The Morgan fingerprint density at radius 2 is 2.00 bits per heavy atom. The standard InChI is InChI=1S/C16H17N5O2/c22-15-13-10-21(16(23)14-3-6-18-19-14)9-12(13)8-20(15)7-11-1-4-17-5-2-11/h1-6,12-13H,7-10H2,(H,18,19)/t12-,13+/m0/s1. The van der Waals surface area contributed by atoms with Crippen LogP contribution in [0.25, 0.3) is 0 Å². The average Bonchev–Trinajstić information content (AvgIpc) is 3.28. The molecule has 23 heavy (non-hydrogen) atoms. The Bertz CT molecular complexity index is 715. The van der Waals surface area contributed by atoms with Crippen molar-refractivity contribution < 1.29 is 9.59 Å². The molecule has 0 radical (unpaired) electrons. The molecule has 2 aromatic rings. The highest BCUT2D eigenvalue weighted by molar-refractivity contribution is 5.93. The summed E-state index contributed by atoms with van der Waals surface area (Å²) in [7, 11) is 0. The van der Waals surface area contributed by atoms with Gasteiger partial charge in [-0.1, -0.05) is 0 Å². The predicted octanol–water partition coefficient (Wildman–Crippen LogP) is 0.535. The molecule has 0 aliphatic carbocycles. The van der Waals surface area contributed by atoms with E-state index < -0.39 is 0 Å². The second kappa shape index (κ2) is 5.49. The minimum atomic E-state index is -0.0799. The van der Waals surface area contributed by atoms with Gasteiger partial charge in [-0.2, -0.15) is 5.10 Å². The van der Waals surface area contributed by atoms with Crippen LogP contribution in [-0.4, -0.2) is 56.4 Å². The molecule has 0 unspecified atom stereocenters. The highest BCUT2D eigenvalue weighted by Crippen LogP contribution is 2.33. The van der Waals surface area contributed by atoms with Crippen molar-refractivity contribution in [2.45, 2.75) is 6.54 Å². The van der Waals surface area contributed by atoms with Gasteiger partial charge in [-0.3, -0.25) is 19.7 Å². The Morgan fingerprint density at radius 1 is 1.17 bits per heavy atom. The third-order valence-electron chi connectivity index (χ3n) is 4.67. The lowest BCUT2D eigenvalue weighted by molar-refractivity contribution is -0.131. The number of carbonyl (C=O) groups excluding carboxylic acids is 2. The number of aromatic amines is 1. The molecule has 7 nitrogen and oxygen atoms in total. The minimum Gasteiger partial charge on any atom is -0.338 e. The van der Waals surface area contributed by atoms with E-state index in [9.17, 15) is 9.59 Å². The average molecular weight is 311 g/mol. The number of fused-ring (bicyclic) bond motifs is 1. The molecule has 2 amide bonds. The fourth-order valence-electron chi connectivity index (χ4n) is 3.51. The molecule has 2 fully saturated rings. The largest absolute Gasteiger partial charge is 0.338 e. The molecule has 0 spiro atoms. The number of hydrogen-bond donors (Lipinski definition) is 1. The number of H-pyrrole nitrogens is 1. The van der Waals surface area contributed by atoms with Crippen LogP contribution in [0, 0.1) is 11.8 Å². The van der Waals surface area contributed by atoms with Crippen LogP contribution in [0.4, 0.5) is 0 Å². The van der Waals surface area contributed by atoms with E-state index >= 15 is 0 Å². The summed E-state index contributed by atoms with van der Waals surface area (Å²) >= 11 is 0. The van der Waals surface area contributed by atoms with Crippen molar-refractivity contribution in [1.82, 2.24) is 25.0 Å². The summed E-state index contributed by atoms with van der Waals surface area (Å²) in [5.41, 5.74) is 1.56. The number of aromatic nitrogens is 3. The van der Waals surface area contributed by atoms with E-state index in [1.165, 1.54) is 0 Å². The second-order valence-corrected chi connectivity index (χ2v) is 6.12. The summed E-state index contributed by atoms with van der Waals surface area (Å²) in [6.45, 7) is 2.44. The Kier molecular flexibility index (Phi) is 3.33. The van der Waals surface area contributed by atoms with E-state index in [1.807, 2.05) is 17.0 Å². The Hall–Kier alpha value is -2.70. The molecule has 2 aliphatic heterocycles. The van der Waals surface area contributed by atoms with E-state index in [-0.39, 0.29) is 23.7 Å². The normalized spacial score (nSPS) is 23.4. The lowest BCUT2D eigenvalue weighted by Crippen LogP contribution is -2.35. The molecule has 0 aromatic carbocycles. The van der Waals surface area contributed by atoms with Gasteiger partial charge in [-0.05, 0) is 23.8 Å². The molecule has 2 atom stereocenters. The molecule has 4 heterocycles. The smallest absolute Gasteiger partial charge is 0.271 e. The molecule has 118 valence electrons. The molecule has 2 aliphatic rings. The van der Waals surface area contributed by atoms with Gasteiger partial charge < -0.3 is 9.80 Å². The van der Waals surface area contributed by atoms with Gasteiger partial charge in [0.25, 0.3) is 5.91 Å². The summed E-state index contributed by atoms with van der Waals surface area (Å²) < 4.78 is 0. The van der Waals surface area contributed by atoms with E-state index in [4.69, 9.17) is 0 Å². The van der Waals surface area contributed by atoms with Crippen molar-refractivity contribution in [1.29, 1.82) is 0 Å². The van der Waals surface area contributed by atoms with Crippen molar-refractivity contribution in [3.63, 3.8) is 0 Å². The first-order chi connectivity index (χ1) is 11.2. The summed E-state index contributed by atoms with van der Waals surface area (Å²) in [6, 6.07) is 5.51. The van der Waals surface area contributed by atoms with Crippen LogP contribution in [0.1, 0.15) is 16.1 Å². The lowest BCUT2D eigenvalue weighted by atomic mass is 10.0. The zero-order valence-electron chi connectivity index (χ0n) is 12.6. The van der Waals surface area contributed by atoms with E-state index in [2.05, 4.69) is 15.2 Å². The SMILES string of the molecule is O=C(c1ccn[nH]1)N1C[C@@H]2CN(Cc3ccncc3)C(=O)[C@@H]2C1. The highest BCUT2D eigenvalue weighted by Gasteiger charge is 2.47. The van der Waals surface area contributed by atoms with Crippen LogP contribution in [-0.2, 0) is 11.3 Å². The molecule has 7 heteroatoms. The topological polar surface area (TPSA) is 82.2 Å². The van der Waals surface area contributed by atoms with Gasteiger partial charge in [-0.25, -0.2) is 0 Å². The van der Waals surface area contributed by atoms with Crippen molar-refractivity contribution in [2.75, 3.05) is 19.6 Å². The Labute approximate surface area is 133 Å². The number of carbonyl (C=O) groups is 2. The minimum absolute atomic E-state index is 0.0783. The number of likely N-dealkylation sites (tertiary alicyclic amines) is 2. The number of nitrogens with zero attached hydrogens (tertiary/aromatic N) is 4. The molecule has 4 rings (SSSR count). The summed E-state index contributed by atoms with van der Waals surface area (Å²) in [5.74, 6) is 0.206. The Morgan fingerprint density at radius 3 is 2.70 bits per heavy atom. The van der Waals surface area contributed by atoms with Gasteiger partial charge in [0.1, 0.15) is 5.69 Å². The fraction of sp³-hybridized carbons (Fsp3) is 0.375. The molecule has 2 saturated heterocycles. The van der Waals surface area contributed by atoms with E-state index in [0.29, 0.717) is 31.9 Å². The van der Waals surface area contributed by atoms with Crippen molar-refractivity contribution >= 4 is 11.8 Å². The zero-order chi connectivity index (χ0) is 15.8. The molecule has 2 aromatic heterocycles. The van der Waals surface area contributed by atoms with Gasteiger partial charge in [0.2, 0.25) is 5.91 Å². The third-order valence-corrected chi connectivity index (χ3v) is 4.67. The van der Waals surface area contributed by atoms with Crippen LogP contribution in [0.5, 0.6) is 0 Å². The monoisotopic (exact) mass is 311 g/mol.